The molecule has 0 spiro atoms. The molecular formula is C18H29N5O2S. The number of anilines is 1. The summed E-state index contributed by atoms with van der Waals surface area (Å²) in [4.78, 5) is 7.01. The van der Waals surface area contributed by atoms with Crippen LogP contribution in [0.3, 0.4) is 0 Å². The Morgan fingerprint density at radius 2 is 1.69 bits per heavy atom. The summed E-state index contributed by atoms with van der Waals surface area (Å²) in [7, 11) is -3.28. The van der Waals surface area contributed by atoms with Crippen LogP contribution < -0.4 is 10.2 Å². The van der Waals surface area contributed by atoms with Crippen molar-refractivity contribution < 1.29 is 8.42 Å². The lowest BCUT2D eigenvalue weighted by Gasteiger charge is -2.37. The second-order valence-electron chi connectivity index (χ2n) is 7.54. The lowest BCUT2D eigenvalue weighted by molar-refractivity contribution is 0.343. The molecule has 0 saturated carbocycles. The molecule has 0 radical (unpaired) electrons. The van der Waals surface area contributed by atoms with Crippen LogP contribution in [0.4, 0.5) is 5.69 Å². The molecule has 1 unspecified atom stereocenters. The number of nitrogens with zero attached hydrogens (tertiary/aromatic N) is 4. The fourth-order valence-electron chi connectivity index (χ4n) is 4.23. The van der Waals surface area contributed by atoms with Gasteiger partial charge >= 0.3 is 0 Å². The maximum Gasteiger partial charge on any atom is 0.282 e. The number of aromatic nitrogens is 1. The van der Waals surface area contributed by atoms with E-state index in [9.17, 15) is 8.42 Å². The molecule has 3 aliphatic rings. The third-order valence-electron chi connectivity index (χ3n) is 5.70. The molecule has 3 aliphatic heterocycles. The van der Waals surface area contributed by atoms with Gasteiger partial charge in [-0.2, -0.15) is 17.0 Å². The van der Waals surface area contributed by atoms with Gasteiger partial charge in [-0.25, -0.2) is 0 Å². The zero-order chi connectivity index (χ0) is 18.1. The van der Waals surface area contributed by atoms with Gasteiger partial charge in [-0.3, -0.25) is 4.98 Å². The summed E-state index contributed by atoms with van der Waals surface area (Å²) < 4.78 is 28.8. The van der Waals surface area contributed by atoms with E-state index in [0.29, 0.717) is 32.2 Å². The normalized spacial score (nSPS) is 25.9. The molecule has 4 heterocycles. The van der Waals surface area contributed by atoms with E-state index in [-0.39, 0.29) is 0 Å². The van der Waals surface area contributed by atoms with Crippen molar-refractivity contribution in [2.24, 2.45) is 0 Å². The molecule has 0 aliphatic carbocycles. The molecule has 4 rings (SSSR count). The molecule has 0 aromatic carbocycles. The van der Waals surface area contributed by atoms with Gasteiger partial charge in [-0.1, -0.05) is 0 Å². The number of piperazine rings is 1. The van der Waals surface area contributed by atoms with Crippen LogP contribution in [0.1, 0.15) is 43.1 Å². The number of hydrogen-bond donors (Lipinski definition) is 1. The van der Waals surface area contributed by atoms with Crippen LogP contribution in [0.5, 0.6) is 0 Å². The predicted molar refractivity (Wildman–Crippen MR) is 102 cm³/mol. The van der Waals surface area contributed by atoms with E-state index in [1.54, 1.807) is 8.61 Å². The Labute approximate surface area is 156 Å². The van der Waals surface area contributed by atoms with E-state index in [4.69, 9.17) is 4.98 Å². The summed E-state index contributed by atoms with van der Waals surface area (Å²) in [5.74, 6) is 0. The van der Waals surface area contributed by atoms with Crippen molar-refractivity contribution in [1.29, 1.82) is 0 Å². The van der Waals surface area contributed by atoms with Gasteiger partial charge in [0.15, 0.2) is 0 Å². The van der Waals surface area contributed by atoms with Crippen LogP contribution in [0.15, 0.2) is 12.1 Å². The van der Waals surface area contributed by atoms with E-state index in [2.05, 4.69) is 22.3 Å². The highest BCUT2D eigenvalue weighted by molar-refractivity contribution is 7.86. The lowest BCUT2D eigenvalue weighted by Crippen LogP contribution is -2.52. The SMILES string of the molecule is Cc1cc(N2CCN(S(=O)(=O)N3CCCC3)CC2)cc(C2CCCN2)n1. The Bertz CT molecular complexity index is 734. The lowest BCUT2D eigenvalue weighted by atomic mass is 10.1. The van der Waals surface area contributed by atoms with E-state index >= 15 is 0 Å². The van der Waals surface area contributed by atoms with Crippen LogP contribution >= 0.6 is 0 Å². The fraction of sp³-hybridized carbons (Fsp3) is 0.722. The maximum absolute atomic E-state index is 12.7. The molecule has 3 saturated heterocycles. The van der Waals surface area contributed by atoms with Crippen LogP contribution in [0, 0.1) is 6.92 Å². The highest BCUT2D eigenvalue weighted by Gasteiger charge is 2.34. The summed E-state index contributed by atoms with van der Waals surface area (Å²) in [6.45, 7) is 7.00. The van der Waals surface area contributed by atoms with Crippen LogP contribution in [-0.4, -0.2) is 67.8 Å². The minimum absolute atomic E-state index is 0.352. The Morgan fingerprint density at radius 1 is 1.00 bits per heavy atom. The molecule has 144 valence electrons. The molecule has 1 atom stereocenters. The maximum atomic E-state index is 12.7. The zero-order valence-corrected chi connectivity index (χ0v) is 16.3. The molecule has 1 N–H and O–H groups in total. The van der Waals surface area contributed by atoms with Crippen molar-refractivity contribution in [3.8, 4) is 0 Å². The fourth-order valence-corrected chi connectivity index (χ4v) is 5.90. The molecule has 1 aromatic heterocycles. The minimum atomic E-state index is -3.28. The largest absolute Gasteiger partial charge is 0.369 e. The van der Waals surface area contributed by atoms with E-state index in [0.717, 1.165) is 50.3 Å². The average molecular weight is 380 g/mol. The second-order valence-corrected chi connectivity index (χ2v) is 9.47. The number of nitrogens with one attached hydrogen (secondary N) is 1. The predicted octanol–water partition coefficient (Wildman–Crippen LogP) is 1.28. The quantitative estimate of drug-likeness (QED) is 0.853. The van der Waals surface area contributed by atoms with Gasteiger partial charge < -0.3 is 10.2 Å². The van der Waals surface area contributed by atoms with Gasteiger partial charge in [-0.15, -0.1) is 0 Å². The van der Waals surface area contributed by atoms with Crippen molar-refractivity contribution >= 4 is 15.9 Å². The van der Waals surface area contributed by atoms with E-state index < -0.39 is 10.2 Å². The zero-order valence-electron chi connectivity index (χ0n) is 15.5. The van der Waals surface area contributed by atoms with Crippen molar-refractivity contribution in [2.45, 2.75) is 38.6 Å². The molecule has 0 amide bonds. The van der Waals surface area contributed by atoms with Crippen LogP contribution in [0.2, 0.25) is 0 Å². The van der Waals surface area contributed by atoms with Crippen molar-refractivity contribution in [3.63, 3.8) is 0 Å². The molecule has 0 bridgehead atoms. The number of rotatable bonds is 4. The number of aryl methyl sites for hydroxylation is 1. The average Bonchev–Trinajstić information content (AvgIpc) is 3.35. The van der Waals surface area contributed by atoms with E-state index in [1.807, 2.05) is 6.92 Å². The standard InChI is InChI=1S/C18H29N5O2S/c1-15-13-16(14-18(20-15)17-5-4-6-19-17)21-9-11-23(12-10-21)26(24,25)22-7-2-3-8-22/h13-14,17,19H,2-12H2,1H3. The molecule has 3 fully saturated rings. The Hall–Kier alpha value is -1.22. The molecule has 26 heavy (non-hydrogen) atoms. The third kappa shape index (κ3) is 3.60. The summed E-state index contributed by atoms with van der Waals surface area (Å²) in [5, 5.41) is 3.51. The van der Waals surface area contributed by atoms with Gasteiger partial charge in [0.05, 0.1) is 5.69 Å². The Balaban J connectivity index is 1.44. The van der Waals surface area contributed by atoms with Gasteiger partial charge in [0.1, 0.15) is 0 Å². The highest BCUT2D eigenvalue weighted by atomic mass is 32.2. The van der Waals surface area contributed by atoms with Gasteiger partial charge in [0.2, 0.25) is 0 Å². The van der Waals surface area contributed by atoms with Gasteiger partial charge in [0, 0.05) is 56.7 Å². The first kappa shape index (κ1) is 18.2. The van der Waals surface area contributed by atoms with Gasteiger partial charge in [-0.05, 0) is 51.3 Å². The smallest absolute Gasteiger partial charge is 0.282 e. The van der Waals surface area contributed by atoms with Crippen LogP contribution in [-0.2, 0) is 10.2 Å². The van der Waals surface area contributed by atoms with E-state index in [1.165, 1.54) is 12.1 Å². The van der Waals surface area contributed by atoms with Crippen molar-refractivity contribution in [3.05, 3.63) is 23.5 Å². The van der Waals surface area contributed by atoms with Crippen molar-refractivity contribution in [1.82, 2.24) is 18.9 Å². The summed E-state index contributed by atoms with van der Waals surface area (Å²) in [6.07, 6.45) is 4.29. The third-order valence-corrected chi connectivity index (χ3v) is 7.73. The topological polar surface area (TPSA) is 68.8 Å². The van der Waals surface area contributed by atoms with Gasteiger partial charge in [0.25, 0.3) is 10.2 Å². The molecular weight excluding hydrogens is 350 g/mol. The molecule has 1 aromatic rings. The minimum Gasteiger partial charge on any atom is -0.369 e. The Morgan fingerprint density at radius 3 is 2.35 bits per heavy atom. The van der Waals surface area contributed by atoms with Crippen molar-refractivity contribution in [2.75, 3.05) is 50.7 Å². The summed E-state index contributed by atoms with van der Waals surface area (Å²) >= 11 is 0. The highest BCUT2D eigenvalue weighted by Crippen LogP contribution is 2.27. The summed E-state index contributed by atoms with van der Waals surface area (Å²) in [6, 6.07) is 4.65. The number of pyridine rings is 1. The number of hydrogen-bond acceptors (Lipinski definition) is 5. The summed E-state index contributed by atoms with van der Waals surface area (Å²) in [5.41, 5.74) is 3.31. The molecule has 7 nitrogen and oxygen atoms in total. The first-order valence-electron chi connectivity index (χ1n) is 9.76. The van der Waals surface area contributed by atoms with Crippen LogP contribution in [0.25, 0.3) is 0 Å². The second kappa shape index (κ2) is 7.42. The first-order chi connectivity index (χ1) is 12.5. The monoisotopic (exact) mass is 379 g/mol. The first-order valence-corrected chi connectivity index (χ1v) is 11.2. The molecule has 8 heteroatoms. The Kier molecular flexibility index (Phi) is 5.18.